The lowest BCUT2D eigenvalue weighted by Crippen LogP contribution is -2.48. The van der Waals surface area contributed by atoms with Crippen molar-refractivity contribution in [3.05, 3.63) is 0 Å². The van der Waals surface area contributed by atoms with Crippen LogP contribution in [-0.4, -0.2) is 37.0 Å². The quantitative estimate of drug-likeness (QED) is 0.435. The fourth-order valence-corrected chi connectivity index (χ4v) is 2.38. The number of likely N-dealkylation sites (tertiary alicyclic amines) is 1. The van der Waals surface area contributed by atoms with Gasteiger partial charge >= 0.3 is 0 Å². The molecule has 0 aromatic rings. The third-order valence-electron chi connectivity index (χ3n) is 2.82. The van der Waals surface area contributed by atoms with Gasteiger partial charge in [0.15, 0.2) is 5.96 Å². The predicted molar refractivity (Wildman–Crippen MR) is 69.3 cm³/mol. The second-order valence-electron chi connectivity index (χ2n) is 4.73. The molecule has 0 spiro atoms. The Morgan fingerprint density at radius 1 is 1.44 bits per heavy atom. The molecule has 0 amide bonds. The molecule has 2 atom stereocenters. The lowest BCUT2D eigenvalue weighted by Gasteiger charge is -2.37. The second-order valence-corrected chi connectivity index (χ2v) is 4.73. The van der Waals surface area contributed by atoms with Crippen molar-refractivity contribution in [3.63, 3.8) is 0 Å². The molecular formula is C13H23N3. The lowest BCUT2D eigenvalue weighted by molar-refractivity contribution is 0.208. The Balaban J connectivity index is 2.66. The maximum Gasteiger partial charge on any atom is 0.194 e. The zero-order valence-corrected chi connectivity index (χ0v) is 10.7. The Hall–Kier alpha value is -1.17. The summed E-state index contributed by atoms with van der Waals surface area (Å²) in [6, 6.07) is 0. The van der Waals surface area contributed by atoms with Crippen LogP contribution in [0.1, 0.15) is 27.2 Å². The number of hydrogen-bond acceptors (Lipinski definition) is 1. The molecular weight excluding hydrogens is 198 g/mol. The summed E-state index contributed by atoms with van der Waals surface area (Å²) in [5.41, 5.74) is 0. The van der Waals surface area contributed by atoms with Gasteiger partial charge in [0.2, 0.25) is 0 Å². The topological polar surface area (TPSA) is 27.6 Å². The Morgan fingerprint density at radius 3 is 2.56 bits per heavy atom. The van der Waals surface area contributed by atoms with E-state index in [1.54, 1.807) is 0 Å². The number of guanidine groups is 1. The molecule has 16 heavy (non-hydrogen) atoms. The van der Waals surface area contributed by atoms with E-state index >= 15 is 0 Å². The van der Waals surface area contributed by atoms with Crippen LogP contribution in [0.2, 0.25) is 0 Å². The van der Waals surface area contributed by atoms with E-state index in [1.165, 1.54) is 6.42 Å². The predicted octanol–water partition coefficient (Wildman–Crippen LogP) is 1.56. The summed E-state index contributed by atoms with van der Waals surface area (Å²) in [6.45, 7) is 10.2. The molecule has 0 aromatic heterocycles. The molecule has 1 aliphatic heterocycles. The summed E-state index contributed by atoms with van der Waals surface area (Å²) in [5.74, 6) is 5.00. The molecule has 0 bridgehead atoms. The zero-order valence-electron chi connectivity index (χ0n) is 10.7. The van der Waals surface area contributed by atoms with Crippen LogP contribution in [0, 0.1) is 24.2 Å². The fourth-order valence-electron chi connectivity index (χ4n) is 2.38. The van der Waals surface area contributed by atoms with Gasteiger partial charge in [0.05, 0.1) is 0 Å². The van der Waals surface area contributed by atoms with Crippen molar-refractivity contribution in [1.82, 2.24) is 10.2 Å². The molecule has 1 fully saturated rings. The van der Waals surface area contributed by atoms with Crippen LogP contribution in [0.3, 0.4) is 0 Å². The van der Waals surface area contributed by atoms with Gasteiger partial charge in [-0.25, -0.2) is 4.99 Å². The van der Waals surface area contributed by atoms with Crippen LogP contribution in [0.25, 0.3) is 0 Å². The van der Waals surface area contributed by atoms with Crippen LogP contribution >= 0.6 is 0 Å². The second kappa shape index (κ2) is 6.42. The van der Waals surface area contributed by atoms with Crippen LogP contribution in [-0.2, 0) is 0 Å². The molecule has 1 N–H and O–H groups in total. The maximum absolute atomic E-state index is 5.25. The average Bonchev–Trinajstić information content (AvgIpc) is 2.22. The van der Waals surface area contributed by atoms with Crippen molar-refractivity contribution in [2.45, 2.75) is 27.2 Å². The molecule has 1 saturated heterocycles. The smallest absolute Gasteiger partial charge is 0.194 e. The summed E-state index contributed by atoms with van der Waals surface area (Å²) >= 11 is 0. The zero-order chi connectivity index (χ0) is 12.0. The molecule has 1 heterocycles. The van der Waals surface area contributed by atoms with E-state index in [-0.39, 0.29) is 0 Å². The van der Waals surface area contributed by atoms with Crippen molar-refractivity contribution in [2.24, 2.45) is 16.8 Å². The molecule has 2 unspecified atom stereocenters. The van der Waals surface area contributed by atoms with Crippen LogP contribution in [0.5, 0.6) is 0 Å². The standard InChI is InChI=1S/C13H23N3/c1-5-7-15-13(14-6-2)16-9-11(3)8-12(4)10-16/h1,11-12H,6-10H2,2-4H3,(H,14,15). The van der Waals surface area contributed by atoms with E-state index in [2.05, 4.69) is 41.9 Å². The maximum atomic E-state index is 5.25. The third kappa shape index (κ3) is 3.77. The minimum Gasteiger partial charge on any atom is -0.356 e. The Bertz CT molecular complexity index is 267. The first-order valence-corrected chi connectivity index (χ1v) is 6.14. The molecule has 1 rings (SSSR count). The number of aliphatic imine (C=N–C) groups is 1. The summed E-state index contributed by atoms with van der Waals surface area (Å²) in [4.78, 5) is 6.75. The number of nitrogens with zero attached hydrogens (tertiary/aromatic N) is 2. The van der Waals surface area contributed by atoms with E-state index < -0.39 is 0 Å². The molecule has 1 aliphatic rings. The minimum atomic E-state index is 0.460. The monoisotopic (exact) mass is 221 g/mol. The van der Waals surface area contributed by atoms with Gasteiger partial charge < -0.3 is 10.2 Å². The van der Waals surface area contributed by atoms with Crippen molar-refractivity contribution in [3.8, 4) is 12.3 Å². The van der Waals surface area contributed by atoms with Crippen LogP contribution < -0.4 is 5.32 Å². The molecule has 0 aromatic carbocycles. The number of rotatable bonds is 2. The number of piperidine rings is 1. The first-order chi connectivity index (χ1) is 7.67. The summed E-state index contributed by atoms with van der Waals surface area (Å²) < 4.78 is 0. The summed E-state index contributed by atoms with van der Waals surface area (Å²) in [6.07, 6.45) is 6.56. The first-order valence-electron chi connectivity index (χ1n) is 6.14. The van der Waals surface area contributed by atoms with Crippen molar-refractivity contribution in [2.75, 3.05) is 26.2 Å². The minimum absolute atomic E-state index is 0.460. The molecule has 0 saturated carbocycles. The van der Waals surface area contributed by atoms with Crippen molar-refractivity contribution in [1.29, 1.82) is 0 Å². The van der Waals surface area contributed by atoms with Gasteiger partial charge in [-0.15, -0.1) is 6.42 Å². The molecule has 90 valence electrons. The SMILES string of the molecule is C#CCN=C(NCC)N1CC(C)CC(C)C1. The van der Waals surface area contributed by atoms with Gasteiger partial charge in [0.25, 0.3) is 0 Å². The highest BCUT2D eigenvalue weighted by molar-refractivity contribution is 5.80. The van der Waals surface area contributed by atoms with E-state index in [0.717, 1.165) is 37.4 Å². The fraction of sp³-hybridized carbons (Fsp3) is 0.769. The van der Waals surface area contributed by atoms with Crippen LogP contribution in [0.15, 0.2) is 4.99 Å². The highest BCUT2D eigenvalue weighted by Crippen LogP contribution is 2.20. The Morgan fingerprint density at radius 2 is 2.06 bits per heavy atom. The normalized spacial score (nSPS) is 26.4. The van der Waals surface area contributed by atoms with Gasteiger partial charge in [0.1, 0.15) is 6.54 Å². The molecule has 3 heteroatoms. The highest BCUT2D eigenvalue weighted by Gasteiger charge is 2.23. The molecule has 0 aliphatic carbocycles. The Labute approximate surface area is 99.3 Å². The van der Waals surface area contributed by atoms with Gasteiger partial charge in [-0.3, -0.25) is 0 Å². The van der Waals surface area contributed by atoms with Crippen LogP contribution in [0.4, 0.5) is 0 Å². The van der Waals surface area contributed by atoms with E-state index in [1.807, 2.05) is 0 Å². The van der Waals surface area contributed by atoms with Gasteiger partial charge in [-0.05, 0) is 25.2 Å². The number of terminal acetylenes is 1. The lowest BCUT2D eigenvalue weighted by atomic mass is 9.92. The van der Waals surface area contributed by atoms with E-state index in [4.69, 9.17) is 6.42 Å². The summed E-state index contributed by atoms with van der Waals surface area (Å²) in [5, 5.41) is 3.31. The average molecular weight is 221 g/mol. The Kier molecular flexibility index (Phi) is 5.18. The molecule has 0 radical (unpaired) electrons. The van der Waals surface area contributed by atoms with Gasteiger partial charge in [-0.2, -0.15) is 0 Å². The first kappa shape index (κ1) is 12.9. The van der Waals surface area contributed by atoms with Gasteiger partial charge in [-0.1, -0.05) is 19.8 Å². The van der Waals surface area contributed by atoms with Crippen molar-refractivity contribution >= 4 is 5.96 Å². The highest BCUT2D eigenvalue weighted by atomic mass is 15.3. The third-order valence-corrected chi connectivity index (χ3v) is 2.82. The van der Waals surface area contributed by atoms with E-state index in [9.17, 15) is 0 Å². The molecule has 3 nitrogen and oxygen atoms in total. The van der Waals surface area contributed by atoms with E-state index in [0.29, 0.717) is 6.54 Å². The number of nitrogens with one attached hydrogen (secondary N) is 1. The number of hydrogen-bond donors (Lipinski definition) is 1. The van der Waals surface area contributed by atoms with Gasteiger partial charge in [0, 0.05) is 19.6 Å². The van der Waals surface area contributed by atoms with Crippen molar-refractivity contribution < 1.29 is 0 Å². The summed E-state index contributed by atoms with van der Waals surface area (Å²) in [7, 11) is 0. The largest absolute Gasteiger partial charge is 0.356 e.